The van der Waals surface area contributed by atoms with Crippen LogP contribution in [0.25, 0.3) is 0 Å². The van der Waals surface area contributed by atoms with E-state index in [0.717, 1.165) is 0 Å². The summed E-state index contributed by atoms with van der Waals surface area (Å²) in [6, 6.07) is -0.312. The highest BCUT2D eigenvalue weighted by Gasteiger charge is 2.29. The lowest BCUT2D eigenvalue weighted by Gasteiger charge is -2.30. The van der Waals surface area contributed by atoms with Crippen LogP contribution in [0.3, 0.4) is 0 Å². The maximum Gasteiger partial charge on any atom is 0.281 e. The van der Waals surface area contributed by atoms with Crippen LogP contribution in [-0.4, -0.2) is 48.2 Å². The maximum atomic E-state index is 12.1. The summed E-state index contributed by atoms with van der Waals surface area (Å²) in [7, 11) is -0.333. The predicted molar refractivity (Wildman–Crippen MR) is 70.4 cm³/mol. The Morgan fingerprint density at radius 3 is 2.00 bits per heavy atom. The van der Waals surface area contributed by atoms with E-state index < -0.39 is 10.2 Å². The summed E-state index contributed by atoms with van der Waals surface area (Å²) >= 11 is 4.77. The van der Waals surface area contributed by atoms with Crippen molar-refractivity contribution in [1.29, 1.82) is 0 Å². The standard InChI is InChI=1S/C9H21N3O2S2/c1-7(2)11(4)16(13,14)12(5)8(3)6-9(10)15/h7-8H,6H2,1-5H3,(H2,10,15). The summed E-state index contributed by atoms with van der Waals surface area (Å²) < 4.78 is 26.7. The van der Waals surface area contributed by atoms with Gasteiger partial charge in [0.15, 0.2) is 0 Å². The molecule has 0 aromatic heterocycles. The summed E-state index contributed by atoms with van der Waals surface area (Å²) in [5.41, 5.74) is 5.41. The van der Waals surface area contributed by atoms with Crippen molar-refractivity contribution >= 4 is 27.4 Å². The van der Waals surface area contributed by atoms with Gasteiger partial charge in [0.2, 0.25) is 0 Å². The Hall–Kier alpha value is -0.240. The zero-order chi connectivity index (χ0) is 13.1. The molecule has 0 aromatic carbocycles. The maximum absolute atomic E-state index is 12.1. The normalized spacial score (nSPS) is 14.8. The van der Waals surface area contributed by atoms with Crippen LogP contribution in [0.2, 0.25) is 0 Å². The Labute approximate surface area is 104 Å². The number of thiocarbonyl (C=S) groups is 1. The molecular formula is C9H21N3O2S2. The minimum atomic E-state index is -3.43. The molecule has 0 rings (SSSR count). The number of hydrogen-bond donors (Lipinski definition) is 1. The van der Waals surface area contributed by atoms with E-state index in [-0.39, 0.29) is 12.1 Å². The van der Waals surface area contributed by atoms with Crippen LogP contribution in [0.4, 0.5) is 0 Å². The van der Waals surface area contributed by atoms with Gasteiger partial charge in [-0.2, -0.15) is 17.0 Å². The summed E-state index contributed by atoms with van der Waals surface area (Å²) in [4.78, 5) is 0.321. The summed E-state index contributed by atoms with van der Waals surface area (Å²) in [5.74, 6) is 0. The third kappa shape index (κ3) is 3.97. The molecular weight excluding hydrogens is 246 g/mol. The van der Waals surface area contributed by atoms with Gasteiger partial charge in [-0.1, -0.05) is 12.2 Å². The molecule has 0 spiro atoms. The molecule has 0 bridgehead atoms. The molecule has 0 saturated carbocycles. The Balaban J connectivity index is 4.83. The van der Waals surface area contributed by atoms with Crippen LogP contribution in [0, 0.1) is 0 Å². The van der Waals surface area contributed by atoms with Gasteiger partial charge in [0, 0.05) is 32.6 Å². The average molecular weight is 267 g/mol. The van der Waals surface area contributed by atoms with Gasteiger partial charge in [-0.3, -0.25) is 0 Å². The van der Waals surface area contributed by atoms with Crippen LogP contribution in [0.1, 0.15) is 27.2 Å². The fourth-order valence-corrected chi connectivity index (χ4v) is 2.83. The van der Waals surface area contributed by atoms with Crippen molar-refractivity contribution < 1.29 is 8.42 Å². The largest absolute Gasteiger partial charge is 0.393 e. The van der Waals surface area contributed by atoms with Crippen LogP contribution in [0.15, 0.2) is 0 Å². The van der Waals surface area contributed by atoms with Gasteiger partial charge in [-0.05, 0) is 20.8 Å². The van der Waals surface area contributed by atoms with Gasteiger partial charge in [0.25, 0.3) is 10.2 Å². The summed E-state index contributed by atoms with van der Waals surface area (Å²) in [6.45, 7) is 5.43. The monoisotopic (exact) mass is 267 g/mol. The second kappa shape index (κ2) is 5.90. The Kier molecular flexibility index (Phi) is 5.81. The Bertz CT molecular complexity index is 341. The first-order valence-electron chi connectivity index (χ1n) is 5.10. The van der Waals surface area contributed by atoms with Crippen LogP contribution in [0.5, 0.6) is 0 Å². The van der Waals surface area contributed by atoms with Gasteiger partial charge < -0.3 is 5.73 Å². The lowest BCUT2D eigenvalue weighted by Crippen LogP contribution is -2.47. The fourth-order valence-electron chi connectivity index (χ4n) is 1.12. The van der Waals surface area contributed by atoms with Gasteiger partial charge in [0.05, 0.1) is 4.99 Å². The molecule has 0 aliphatic heterocycles. The van der Waals surface area contributed by atoms with Crippen LogP contribution < -0.4 is 5.73 Å². The molecule has 1 unspecified atom stereocenters. The van der Waals surface area contributed by atoms with E-state index in [2.05, 4.69) is 0 Å². The highest BCUT2D eigenvalue weighted by Crippen LogP contribution is 2.13. The smallest absolute Gasteiger partial charge is 0.281 e. The molecule has 0 fully saturated rings. The third-order valence-corrected chi connectivity index (χ3v) is 4.98. The molecule has 0 aliphatic carbocycles. The molecule has 0 saturated heterocycles. The average Bonchev–Trinajstić information content (AvgIpc) is 2.13. The summed E-state index contributed by atoms with van der Waals surface area (Å²) in [6.07, 6.45) is 0.386. The van der Waals surface area contributed by atoms with E-state index in [1.807, 2.05) is 13.8 Å². The second-order valence-electron chi connectivity index (χ2n) is 4.15. The fraction of sp³-hybridized carbons (Fsp3) is 0.889. The predicted octanol–water partition coefficient (Wildman–Crippen LogP) is 0.568. The van der Waals surface area contributed by atoms with Gasteiger partial charge in [-0.15, -0.1) is 0 Å². The van der Waals surface area contributed by atoms with E-state index in [0.29, 0.717) is 11.4 Å². The van der Waals surface area contributed by atoms with E-state index in [4.69, 9.17) is 18.0 Å². The second-order valence-corrected chi connectivity index (χ2v) is 6.73. The van der Waals surface area contributed by atoms with E-state index >= 15 is 0 Å². The molecule has 2 N–H and O–H groups in total. The molecule has 16 heavy (non-hydrogen) atoms. The molecule has 1 atom stereocenters. The SMILES string of the molecule is CC(C)N(C)S(=O)(=O)N(C)C(C)CC(N)=S. The van der Waals surface area contributed by atoms with Gasteiger partial charge in [0.1, 0.15) is 0 Å². The summed E-state index contributed by atoms with van der Waals surface area (Å²) in [5, 5.41) is 0. The molecule has 0 radical (unpaired) electrons. The Morgan fingerprint density at radius 2 is 1.69 bits per heavy atom. The van der Waals surface area contributed by atoms with Crippen molar-refractivity contribution in [3.05, 3.63) is 0 Å². The quantitative estimate of drug-likeness (QED) is 0.714. The molecule has 7 heteroatoms. The van der Waals surface area contributed by atoms with Crippen molar-refractivity contribution in [3.8, 4) is 0 Å². The van der Waals surface area contributed by atoms with E-state index in [9.17, 15) is 8.42 Å². The van der Waals surface area contributed by atoms with Crippen molar-refractivity contribution in [2.75, 3.05) is 14.1 Å². The lowest BCUT2D eigenvalue weighted by molar-refractivity contribution is 0.327. The first kappa shape index (κ1) is 15.8. The van der Waals surface area contributed by atoms with Crippen molar-refractivity contribution in [3.63, 3.8) is 0 Å². The van der Waals surface area contributed by atoms with E-state index in [1.165, 1.54) is 15.7 Å². The minimum absolute atomic E-state index is 0.0792. The Morgan fingerprint density at radius 1 is 1.25 bits per heavy atom. The third-order valence-electron chi connectivity index (χ3n) is 2.57. The zero-order valence-corrected chi connectivity index (χ0v) is 12.1. The molecule has 0 heterocycles. The van der Waals surface area contributed by atoms with Crippen LogP contribution in [-0.2, 0) is 10.2 Å². The van der Waals surface area contributed by atoms with Crippen molar-refractivity contribution in [2.24, 2.45) is 5.73 Å². The number of nitrogens with zero attached hydrogens (tertiary/aromatic N) is 2. The van der Waals surface area contributed by atoms with E-state index in [1.54, 1.807) is 14.0 Å². The first-order chi connectivity index (χ1) is 7.10. The number of rotatable bonds is 6. The van der Waals surface area contributed by atoms with Crippen molar-refractivity contribution in [2.45, 2.75) is 39.3 Å². The molecule has 0 amide bonds. The number of hydrogen-bond acceptors (Lipinski definition) is 3. The van der Waals surface area contributed by atoms with Gasteiger partial charge in [-0.25, -0.2) is 0 Å². The topological polar surface area (TPSA) is 66.6 Å². The van der Waals surface area contributed by atoms with Gasteiger partial charge >= 0.3 is 0 Å². The molecule has 0 aliphatic rings. The van der Waals surface area contributed by atoms with Crippen LogP contribution >= 0.6 is 12.2 Å². The first-order valence-corrected chi connectivity index (χ1v) is 6.90. The molecule has 96 valence electrons. The van der Waals surface area contributed by atoms with Crippen molar-refractivity contribution in [1.82, 2.24) is 8.61 Å². The molecule has 0 aromatic rings. The highest BCUT2D eigenvalue weighted by molar-refractivity contribution is 7.86. The molecule has 5 nitrogen and oxygen atoms in total. The lowest BCUT2D eigenvalue weighted by atomic mass is 10.2. The minimum Gasteiger partial charge on any atom is -0.393 e. The number of nitrogens with two attached hydrogens (primary N) is 1. The highest BCUT2D eigenvalue weighted by atomic mass is 32.2. The zero-order valence-electron chi connectivity index (χ0n) is 10.5.